The first-order valence-corrected chi connectivity index (χ1v) is 8.41. The number of nitrogens with zero attached hydrogens (tertiary/aromatic N) is 2. The van der Waals surface area contributed by atoms with E-state index in [-0.39, 0.29) is 5.54 Å². The van der Waals surface area contributed by atoms with Crippen LogP contribution in [-0.4, -0.2) is 55.6 Å². The zero-order chi connectivity index (χ0) is 15.3. The summed E-state index contributed by atoms with van der Waals surface area (Å²) >= 11 is 0. The molecule has 1 fully saturated rings. The molecule has 0 aromatic carbocycles. The van der Waals surface area contributed by atoms with Crippen LogP contribution in [0.2, 0.25) is 0 Å². The maximum absolute atomic E-state index is 6.32. The summed E-state index contributed by atoms with van der Waals surface area (Å²) in [7, 11) is 4.32. The molecule has 1 aliphatic carbocycles. The van der Waals surface area contributed by atoms with E-state index in [9.17, 15) is 0 Å². The smallest absolute Gasteiger partial charge is 0.0360 e. The number of nitrogens with two attached hydrogens (primary N) is 1. The van der Waals surface area contributed by atoms with Gasteiger partial charge in [-0.1, -0.05) is 34.1 Å². The molecule has 1 saturated carbocycles. The van der Waals surface area contributed by atoms with Crippen molar-refractivity contribution >= 4 is 0 Å². The number of rotatable bonds is 7. The van der Waals surface area contributed by atoms with Crippen molar-refractivity contribution in [3.05, 3.63) is 0 Å². The zero-order valence-corrected chi connectivity index (χ0v) is 14.7. The normalized spacial score (nSPS) is 31.5. The van der Waals surface area contributed by atoms with Crippen LogP contribution in [0.25, 0.3) is 0 Å². The molecule has 1 aliphatic rings. The maximum Gasteiger partial charge on any atom is 0.0360 e. The molecule has 3 atom stereocenters. The minimum atomic E-state index is 0.220. The van der Waals surface area contributed by atoms with E-state index in [0.29, 0.717) is 11.8 Å². The lowest BCUT2D eigenvalue weighted by molar-refractivity contribution is -0.0139. The van der Waals surface area contributed by atoms with Crippen molar-refractivity contribution in [1.29, 1.82) is 0 Å². The van der Waals surface area contributed by atoms with Gasteiger partial charge in [-0.05, 0) is 44.7 Å². The third-order valence-corrected chi connectivity index (χ3v) is 5.10. The fourth-order valence-corrected chi connectivity index (χ4v) is 3.82. The molecule has 0 aromatic rings. The molecule has 20 heavy (non-hydrogen) atoms. The Labute approximate surface area is 126 Å². The van der Waals surface area contributed by atoms with Crippen LogP contribution in [-0.2, 0) is 0 Å². The molecule has 0 aromatic heterocycles. The quantitative estimate of drug-likeness (QED) is 0.779. The second-order valence-electron chi connectivity index (χ2n) is 7.74. The molecule has 120 valence electrons. The molecule has 3 nitrogen and oxygen atoms in total. The maximum atomic E-state index is 6.32. The van der Waals surface area contributed by atoms with Gasteiger partial charge in [-0.25, -0.2) is 0 Å². The van der Waals surface area contributed by atoms with Gasteiger partial charge in [0.15, 0.2) is 0 Å². The van der Waals surface area contributed by atoms with Gasteiger partial charge >= 0.3 is 0 Å². The predicted octanol–water partition coefficient (Wildman–Crippen LogP) is 2.66. The van der Waals surface area contributed by atoms with Gasteiger partial charge < -0.3 is 10.6 Å². The average Bonchev–Trinajstić information content (AvgIpc) is 2.37. The van der Waals surface area contributed by atoms with E-state index in [1.54, 1.807) is 0 Å². The molecular formula is C17H37N3. The Morgan fingerprint density at radius 3 is 2.30 bits per heavy atom. The molecule has 0 spiro atoms. The molecule has 3 heteroatoms. The third-order valence-electron chi connectivity index (χ3n) is 5.10. The number of likely N-dealkylation sites (N-methyl/N-ethyl adjacent to an activating group) is 1. The topological polar surface area (TPSA) is 32.5 Å². The average molecular weight is 284 g/mol. The lowest BCUT2D eigenvalue weighted by atomic mass is 9.68. The summed E-state index contributed by atoms with van der Waals surface area (Å²) in [6.07, 6.45) is 3.96. The predicted molar refractivity (Wildman–Crippen MR) is 88.9 cm³/mol. The highest BCUT2D eigenvalue weighted by Gasteiger charge is 2.43. The number of hydrogen-bond acceptors (Lipinski definition) is 3. The van der Waals surface area contributed by atoms with Crippen LogP contribution in [0.3, 0.4) is 0 Å². The molecule has 0 amide bonds. The molecule has 0 bridgehead atoms. The van der Waals surface area contributed by atoms with E-state index in [4.69, 9.17) is 5.73 Å². The summed E-state index contributed by atoms with van der Waals surface area (Å²) in [5, 5.41) is 0. The Balaban J connectivity index is 2.91. The summed E-state index contributed by atoms with van der Waals surface area (Å²) in [6, 6.07) is 0. The highest BCUT2D eigenvalue weighted by Crippen LogP contribution is 2.40. The summed E-state index contributed by atoms with van der Waals surface area (Å²) in [6.45, 7) is 13.7. The lowest BCUT2D eigenvalue weighted by Crippen LogP contribution is -2.62. The minimum absolute atomic E-state index is 0.220. The van der Waals surface area contributed by atoms with Crippen molar-refractivity contribution < 1.29 is 0 Å². The molecule has 1 rings (SSSR count). The van der Waals surface area contributed by atoms with Crippen LogP contribution in [0.1, 0.15) is 47.0 Å². The van der Waals surface area contributed by atoms with Gasteiger partial charge in [0.2, 0.25) is 0 Å². The Morgan fingerprint density at radius 2 is 1.80 bits per heavy atom. The Hall–Kier alpha value is -0.120. The summed E-state index contributed by atoms with van der Waals surface area (Å²) in [5.41, 5.74) is 6.54. The van der Waals surface area contributed by atoms with Gasteiger partial charge in [0.25, 0.3) is 0 Å². The highest BCUT2D eigenvalue weighted by atomic mass is 15.2. The Bertz CT molecular complexity index is 277. The second kappa shape index (κ2) is 7.77. The van der Waals surface area contributed by atoms with Crippen LogP contribution in [0, 0.1) is 17.8 Å². The second-order valence-corrected chi connectivity index (χ2v) is 7.74. The molecular weight excluding hydrogens is 246 g/mol. The van der Waals surface area contributed by atoms with Gasteiger partial charge in [0, 0.05) is 31.7 Å². The Morgan fingerprint density at radius 1 is 1.15 bits per heavy atom. The van der Waals surface area contributed by atoms with E-state index < -0.39 is 0 Å². The molecule has 0 aliphatic heterocycles. The summed E-state index contributed by atoms with van der Waals surface area (Å²) in [5.74, 6) is 2.22. The summed E-state index contributed by atoms with van der Waals surface area (Å²) < 4.78 is 0. The van der Waals surface area contributed by atoms with Gasteiger partial charge in [0.1, 0.15) is 0 Å². The van der Waals surface area contributed by atoms with Crippen molar-refractivity contribution in [2.24, 2.45) is 23.5 Å². The van der Waals surface area contributed by atoms with E-state index in [0.717, 1.165) is 25.6 Å². The first-order chi connectivity index (χ1) is 9.31. The minimum Gasteiger partial charge on any atom is -0.329 e. The largest absolute Gasteiger partial charge is 0.329 e. The van der Waals surface area contributed by atoms with Crippen molar-refractivity contribution in [2.45, 2.75) is 52.5 Å². The van der Waals surface area contributed by atoms with E-state index in [1.165, 1.54) is 25.8 Å². The first-order valence-electron chi connectivity index (χ1n) is 8.41. The van der Waals surface area contributed by atoms with Crippen LogP contribution in [0.15, 0.2) is 0 Å². The fourth-order valence-electron chi connectivity index (χ4n) is 3.82. The van der Waals surface area contributed by atoms with E-state index >= 15 is 0 Å². The van der Waals surface area contributed by atoms with Crippen molar-refractivity contribution in [3.63, 3.8) is 0 Å². The first kappa shape index (κ1) is 17.9. The molecule has 2 N–H and O–H groups in total. The lowest BCUT2D eigenvalue weighted by Gasteiger charge is -2.52. The highest BCUT2D eigenvalue weighted by molar-refractivity contribution is 5.00. The molecule has 0 heterocycles. The van der Waals surface area contributed by atoms with Crippen LogP contribution in [0.5, 0.6) is 0 Å². The van der Waals surface area contributed by atoms with Crippen LogP contribution in [0.4, 0.5) is 0 Å². The van der Waals surface area contributed by atoms with E-state index in [1.807, 2.05) is 0 Å². The van der Waals surface area contributed by atoms with Crippen molar-refractivity contribution in [2.75, 3.05) is 40.3 Å². The van der Waals surface area contributed by atoms with Crippen LogP contribution >= 0.6 is 0 Å². The Kier molecular flexibility index (Phi) is 6.96. The van der Waals surface area contributed by atoms with Gasteiger partial charge in [-0.2, -0.15) is 0 Å². The molecule has 0 saturated heterocycles. The van der Waals surface area contributed by atoms with Gasteiger partial charge in [0.05, 0.1) is 0 Å². The SMILES string of the molecule is CC(C)CN(CCN(C)C)C1(CN)CC(C)CCC1C. The summed E-state index contributed by atoms with van der Waals surface area (Å²) in [4.78, 5) is 5.01. The number of hydrogen-bond donors (Lipinski definition) is 1. The fraction of sp³-hybridized carbons (Fsp3) is 1.00. The monoisotopic (exact) mass is 283 g/mol. The zero-order valence-electron chi connectivity index (χ0n) is 14.7. The third kappa shape index (κ3) is 4.44. The van der Waals surface area contributed by atoms with E-state index in [2.05, 4.69) is 51.6 Å². The molecule has 3 unspecified atom stereocenters. The van der Waals surface area contributed by atoms with Crippen LogP contribution < -0.4 is 5.73 Å². The molecule has 0 radical (unpaired) electrons. The van der Waals surface area contributed by atoms with Gasteiger partial charge in [-0.3, -0.25) is 4.90 Å². The van der Waals surface area contributed by atoms with Crippen molar-refractivity contribution in [1.82, 2.24) is 9.80 Å². The van der Waals surface area contributed by atoms with Crippen molar-refractivity contribution in [3.8, 4) is 0 Å². The standard InChI is InChI=1S/C17H37N3/c1-14(2)12-20(10-9-19(5)6)17(13-18)11-15(3)7-8-16(17)4/h14-16H,7-13,18H2,1-6H3. The van der Waals surface area contributed by atoms with Gasteiger partial charge in [-0.15, -0.1) is 0 Å².